The van der Waals surface area contributed by atoms with Gasteiger partial charge in [0.15, 0.2) is 0 Å². The molecule has 2 nitrogen and oxygen atoms in total. The third kappa shape index (κ3) is 4.98. The highest BCUT2D eigenvalue weighted by Crippen LogP contribution is 2.21. The molecule has 15 heavy (non-hydrogen) atoms. The molecule has 0 saturated heterocycles. The Bertz CT molecular complexity index is 153. The predicted molar refractivity (Wildman–Crippen MR) is 67.0 cm³/mol. The van der Waals surface area contributed by atoms with E-state index < -0.39 is 0 Å². The van der Waals surface area contributed by atoms with Gasteiger partial charge in [0.1, 0.15) is 0 Å². The van der Waals surface area contributed by atoms with E-state index >= 15 is 0 Å². The first-order valence-electron chi connectivity index (χ1n) is 6.70. The standard InChI is InChI=1S/C13H28N2/c1-3-4-8-12(14)11-15(2)13-9-6-5-7-10-13/h12-13H,3-11,14H2,1-2H3. The van der Waals surface area contributed by atoms with Crippen LogP contribution >= 0.6 is 0 Å². The second-order valence-corrected chi connectivity index (χ2v) is 5.13. The molecule has 1 rings (SSSR count). The number of hydrogen-bond acceptors (Lipinski definition) is 2. The lowest BCUT2D eigenvalue weighted by atomic mass is 9.94. The molecule has 0 amide bonds. The van der Waals surface area contributed by atoms with Gasteiger partial charge in [-0.15, -0.1) is 0 Å². The van der Waals surface area contributed by atoms with Gasteiger partial charge >= 0.3 is 0 Å². The van der Waals surface area contributed by atoms with Crippen molar-refractivity contribution in [3.05, 3.63) is 0 Å². The smallest absolute Gasteiger partial charge is 0.0167 e. The van der Waals surface area contributed by atoms with Crippen LogP contribution in [0, 0.1) is 0 Å². The average Bonchev–Trinajstić information content (AvgIpc) is 2.27. The van der Waals surface area contributed by atoms with Crippen molar-refractivity contribution in [3.63, 3.8) is 0 Å². The second kappa shape index (κ2) is 7.24. The van der Waals surface area contributed by atoms with Crippen molar-refractivity contribution in [3.8, 4) is 0 Å². The predicted octanol–water partition coefficient (Wildman–Crippen LogP) is 2.77. The van der Waals surface area contributed by atoms with Crippen molar-refractivity contribution in [1.82, 2.24) is 4.90 Å². The molecule has 1 saturated carbocycles. The van der Waals surface area contributed by atoms with Gasteiger partial charge in [-0.25, -0.2) is 0 Å². The Morgan fingerprint density at radius 2 is 1.93 bits per heavy atom. The minimum atomic E-state index is 0.386. The second-order valence-electron chi connectivity index (χ2n) is 5.13. The van der Waals surface area contributed by atoms with Crippen LogP contribution in [0.1, 0.15) is 58.3 Å². The first-order chi connectivity index (χ1) is 7.24. The molecule has 1 atom stereocenters. The van der Waals surface area contributed by atoms with Gasteiger partial charge in [0.05, 0.1) is 0 Å². The van der Waals surface area contributed by atoms with E-state index in [1.54, 1.807) is 0 Å². The van der Waals surface area contributed by atoms with Crippen molar-refractivity contribution >= 4 is 0 Å². The molecule has 0 aromatic rings. The van der Waals surface area contributed by atoms with Gasteiger partial charge in [0.25, 0.3) is 0 Å². The summed E-state index contributed by atoms with van der Waals surface area (Å²) in [4.78, 5) is 2.50. The summed E-state index contributed by atoms with van der Waals surface area (Å²) < 4.78 is 0. The van der Waals surface area contributed by atoms with Crippen LogP contribution in [-0.4, -0.2) is 30.6 Å². The molecule has 1 aliphatic carbocycles. The Morgan fingerprint density at radius 1 is 1.27 bits per heavy atom. The molecule has 0 spiro atoms. The molecular weight excluding hydrogens is 184 g/mol. The average molecular weight is 212 g/mol. The number of unbranched alkanes of at least 4 members (excludes halogenated alkanes) is 1. The number of nitrogens with zero attached hydrogens (tertiary/aromatic N) is 1. The van der Waals surface area contributed by atoms with E-state index in [0.29, 0.717) is 6.04 Å². The van der Waals surface area contributed by atoms with Gasteiger partial charge in [-0.2, -0.15) is 0 Å². The van der Waals surface area contributed by atoms with Crippen LogP contribution in [0.25, 0.3) is 0 Å². The van der Waals surface area contributed by atoms with Crippen LogP contribution < -0.4 is 5.73 Å². The molecule has 0 radical (unpaired) electrons. The first-order valence-corrected chi connectivity index (χ1v) is 6.70. The van der Waals surface area contributed by atoms with E-state index in [2.05, 4.69) is 18.9 Å². The summed E-state index contributed by atoms with van der Waals surface area (Å²) in [5.74, 6) is 0. The SMILES string of the molecule is CCCCC(N)CN(C)C1CCCCC1. The zero-order valence-corrected chi connectivity index (χ0v) is 10.5. The van der Waals surface area contributed by atoms with Gasteiger partial charge in [-0.05, 0) is 26.3 Å². The van der Waals surface area contributed by atoms with Gasteiger partial charge in [0, 0.05) is 18.6 Å². The summed E-state index contributed by atoms with van der Waals surface area (Å²) in [7, 11) is 2.25. The molecule has 0 bridgehead atoms. The van der Waals surface area contributed by atoms with Gasteiger partial charge in [-0.1, -0.05) is 39.0 Å². The van der Waals surface area contributed by atoms with Gasteiger partial charge in [0.2, 0.25) is 0 Å². The number of hydrogen-bond donors (Lipinski definition) is 1. The van der Waals surface area contributed by atoms with Crippen molar-refractivity contribution < 1.29 is 0 Å². The lowest BCUT2D eigenvalue weighted by Crippen LogP contribution is -2.41. The molecule has 0 heterocycles. The van der Waals surface area contributed by atoms with Crippen LogP contribution in [0.2, 0.25) is 0 Å². The Labute approximate surface area is 95.2 Å². The maximum Gasteiger partial charge on any atom is 0.0167 e. The van der Waals surface area contributed by atoms with E-state index in [1.165, 1.54) is 51.4 Å². The number of nitrogens with two attached hydrogens (primary N) is 1. The van der Waals surface area contributed by atoms with E-state index in [-0.39, 0.29) is 0 Å². The van der Waals surface area contributed by atoms with E-state index in [0.717, 1.165) is 12.6 Å². The van der Waals surface area contributed by atoms with E-state index in [4.69, 9.17) is 5.73 Å². The fourth-order valence-corrected chi connectivity index (χ4v) is 2.60. The highest BCUT2D eigenvalue weighted by Gasteiger charge is 2.19. The lowest BCUT2D eigenvalue weighted by molar-refractivity contribution is 0.179. The van der Waals surface area contributed by atoms with E-state index in [9.17, 15) is 0 Å². The van der Waals surface area contributed by atoms with Crippen molar-refractivity contribution in [2.45, 2.75) is 70.4 Å². The monoisotopic (exact) mass is 212 g/mol. The third-order valence-corrected chi connectivity index (χ3v) is 3.65. The highest BCUT2D eigenvalue weighted by atomic mass is 15.1. The molecular formula is C13H28N2. The molecule has 1 aliphatic rings. The van der Waals surface area contributed by atoms with E-state index in [1.807, 2.05) is 0 Å². The van der Waals surface area contributed by atoms with Gasteiger partial charge < -0.3 is 10.6 Å². The number of likely N-dealkylation sites (N-methyl/N-ethyl adjacent to an activating group) is 1. The molecule has 2 heteroatoms. The summed E-state index contributed by atoms with van der Waals surface area (Å²) in [6.45, 7) is 3.32. The molecule has 1 unspecified atom stereocenters. The maximum absolute atomic E-state index is 6.13. The van der Waals surface area contributed by atoms with Crippen molar-refractivity contribution in [2.75, 3.05) is 13.6 Å². The fraction of sp³-hybridized carbons (Fsp3) is 1.00. The molecule has 0 aromatic heterocycles. The van der Waals surface area contributed by atoms with Crippen LogP contribution in [0.3, 0.4) is 0 Å². The quantitative estimate of drug-likeness (QED) is 0.733. The Morgan fingerprint density at radius 3 is 2.53 bits per heavy atom. The largest absolute Gasteiger partial charge is 0.327 e. The Balaban J connectivity index is 2.17. The van der Waals surface area contributed by atoms with Crippen LogP contribution in [0.15, 0.2) is 0 Å². The zero-order chi connectivity index (χ0) is 11.1. The van der Waals surface area contributed by atoms with Crippen LogP contribution in [0.4, 0.5) is 0 Å². The highest BCUT2D eigenvalue weighted by molar-refractivity contribution is 4.76. The molecule has 2 N–H and O–H groups in total. The van der Waals surface area contributed by atoms with Crippen molar-refractivity contribution in [1.29, 1.82) is 0 Å². The molecule has 90 valence electrons. The molecule has 1 fully saturated rings. The van der Waals surface area contributed by atoms with Crippen LogP contribution in [0.5, 0.6) is 0 Å². The molecule has 0 aliphatic heterocycles. The third-order valence-electron chi connectivity index (χ3n) is 3.65. The van der Waals surface area contributed by atoms with Crippen LogP contribution in [-0.2, 0) is 0 Å². The summed E-state index contributed by atoms with van der Waals surface area (Å²) in [5, 5.41) is 0. The lowest BCUT2D eigenvalue weighted by Gasteiger charge is -2.32. The Hall–Kier alpha value is -0.0800. The normalized spacial score (nSPS) is 20.8. The summed E-state index contributed by atoms with van der Waals surface area (Å²) >= 11 is 0. The zero-order valence-electron chi connectivity index (χ0n) is 10.5. The summed E-state index contributed by atoms with van der Waals surface area (Å²) in [6, 6.07) is 1.20. The maximum atomic E-state index is 6.13. The minimum Gasteiger partial charge on any atom is -0.327 e. The molecule has 0 aromatic carbocycles. The Kier molecular flexibility index (Phi) is 6.26. The fourth-order valence-electron chi connectivity index (χ4n) is 2.60. The minimum absolute atomic E-state index is 0.386. The van der Waals surface area contributed by atoms with Crippen molar-refractivity contribution in [2.24, 2.45) is 5.73 Å². The summed E-state index contributed by atoms with van der Waals surface area (Å²) in [5.41, 5.74) is 6.13. The topological polar surface area (TPSA) is 29.3 Å². The van der Waals surface area contributed by atoms with Gasteiger partial charge in [-0.3, -0.25) is 0 Å². The summed E-state index contributed by atoms with van der Waals surface area (Å²) in [6.07, 6.45) is 10.8. The number of rotatable bonds is 6. The first kappa shape index (κ1) is 13.0.